The molecule has 1 heterocycles. The van der Waals surface area contributed by atoms with Crippen molar-refractivity contribution in [2.75, 3.05) is 7.11 Å². The molecule has 1 unspecified atom stereocenters. The SMILES string of the molecule is COC(=O)/C=C/CC1(C)CCc2ccccc2O1. The first-order chi connectivity index (χ1) is 8.63. The zero-order valence-corrected chi connectivity index (χ0v) is 10.8. The summed E-state index contributed by atoms with van der Waals surface area (Å²) in [5, 5.41) is 0. The average molecular weight is 246 g/mol. The van der Waals surface area contributed by atoms with E-state index < -0.39 is 0 Å². The molecule has 2 rings (SSSR count). The molecule has 1 aliphatic heterocycles. The van der Waals surface area contributed by atoms with Crippen LogP contribution in [0.15, 0.2) is 36.4 Å². The summed E-state index contributed by atoms with van der Waals surface area (Å²) < 4.78 is 10.6. The van der Waals surface area contributed by atoms with Crippen LogP contribution in [0, 0.1) is 0 Å². The number of hydrogen-bond donors (Lipinski definition) is 0. The van der Waals surface area contributed by atoms with E-state index in [2.05, 4.69) is 17.7 Å². The number of carbonyl (C=O) groups excluding carboxylic acids is 1. The third-order valence-electron chi connectivity index (χ3n) is 3.26. The topological polar surface area (TPSA) is 35.5 Å². The van der Waals surface area contributed by atoms with Gasteiger partial charge in [-0.05, 0) is 31.4 Å². The highest BCUT2D eigenvalue weighted by Crippen LogP contribution is 2.34. The number of fused-ring (bicyclic) bond motifs is 1. The molecule has 1 aromatic rings. The molecular formula is C15H18O3. The van der Waals surface area contributed by atoms with E-state index in [4.69, 9.17) is 4.74 Å². The molecule has 18 heavy (non-hydrogen) atoms. The second-order valence-electron chi connectivity index (χ2n) is 4.79. The summed E-state index contributed by atoms with van der Waals surface area (Å²) in [4.78, 5) is 11.0. The predicted molar refractivity (Wildman–Crippen MR) is 69.6 cm³/mol. The van der Waals surface area contributed by atoms with Crippen molar-refractivity contribution in [3.05, 3.63) is 42.0 Å². The van der Waals surface area contributed by atoms with Gasteiger partial charge in [0.05, 0.1) is 7.11 Å². The van der Waals surface area contributed by atoms with Gasteiger partial charge in [0.1, 0.15) is 11.4 Å². The Morgan fingerprint density at radius 1 is 1.50 bits per heavy atom. The summed E-state index contributed by atoms with van der Waals surface area (Å²) in [5.41, 5.74) is 1.02. The molecule has 0 spiro atoms. The van der Waals surface area contributed by atoms with E-state index in [0.29, 0.717) is 6.42 Å². The van der Waals surface area contributed by atoms with E-state index >= 15 is 0 Å². The van der Waals surface area contributed by atoms with Crippen LogP contribution in [-0.4, -0.2) is 18.7 Å². The molecule has 0 fully saturated rings. The highest BCUT2D eigenvalue weighted by Gasteiger charge is 2.30. The molecule has 1 aliphatic rings. The lowest BCUT2D eigenvalue weighted by molar-refractivity contribution is -0.134. The van der Waals surface area contributed by atoms with Gasteiger partial charge in [0, 0.05) is 12.5 Å². The number of carbonyl (C=O) groups is 1. The number of ether oxygens (including phenoxy) is 2. The lowest BCUT2D eigenvalue weighted by Gasteiger charge is -2.35. The van der Waals surface area contributed by atoms with Crippen LogP contribution in [0.5, 0.6) is 5.75 Å². The molecule has 0 bridgehead atoms. The first kappa shape index (κ1) is 12.7. The van der Waals surface area contributed by atoms with Gasteiger partial charge in [-0.3, -0.25) is 0 Å². The van der Waals surface area contributed by atoms with Crippen molar-refractivity contribution in [3.8, 4) is 5.75 Å². The van der Waals surface area contributed by atoms with Gasteiger partial charge in [0.25, 0.3) is 0 Å². The molecule has 0 N–H and O–H groups in total. The van der Waals surface area contributed by atoms with Crippen LogP contribution in [0.25, 0.3) is 0 Å². The van der Waals surface area contributed by atoms with Crippen molar-refractivity contribution in [3.63, 3.8) is 0 Å². The van der Waals surface area contributed by atoms with E-state index in [-0.39, 0.29) is 11.6 Å². The summed E-state index contributed by atoms with van der Waals surface area (Å²) in [6.07, 6.45) is 5.94. The van der Waals surface area contributed by atoms with Crippen LogP contribution >= 0.6 is 0 Å². The second-order valence-corrected chi connectivity index (χ2v) is 4.79. The number of hydrogen-bond acceptors (Lipinski definition) is 3. The Hall–Kier alpha value is -1.77. The number of para-hydroxylation sites is 1. The Morgan fingerprint density at radius 2 is 2.28 bits per heavy atom. The maximum Gasteiger partial charge on any atom is 0.330 e. The first-order valence-electron chi connectivity index (χ1n) is 6.14. The van der Waals surface area contributed by atoms with Crippen LogP contribution in [0.3, 0.4) is 0 Å². The number of methoxy groups -OCH3 is 1. The van der Waals surface area contributed by atoms with Gasteiger partial charge in [-0.1, -0.05) is 24.3 Å². The molecule has 3 nitrogen and oxygen atoms in total. The van der Waals surface area contributed by atoms with Crippen LogP contribution in [0.1, 0.15) is 25.3 Å². The number of aryl methyl sites for hydroxylation is 1. The minimum absolute atomic E-state index is 0.237. The normalized spacial score (nSPS) is 22.3. The monoisotopic (exact) mass is 246 g/mol. The molecule has 1 atom stereocenters. The summed E-state index contributed by atoms with van der Waals surface area (Å²) in [7, 11) is 1.38. The number of rotatable bonds is 3. The highest BCUT2D eigenvalue weighted by atomic mass is 16.5. The Morgan fingerprint density at radius 3 is 3.06 bits per heavy atom. The molecule has 0 amide bonds. The van der Waals surface area contributed by atoms with Crippen molar-refractivity contribution < 1.29 is 14.3 Å². The lowest BCUT2D eigenvalue weighted by Crippen LogP contribution is -2.35. The Labute approximate surface area is 107 Å². The highest BCUT2D eigenvalue weighted by molar-refractivity contribution is 5.81. The quantitative estimate of drug-likeness (QED) is 0.607. The number of benzene rings is 1. The van der Waals surface area contributed by atoms with Gasteiger partial charge in [0.2, 0.25) is 0 Å². The van der Waals surface area contributed by atoms with Gasteiger partial charge < -0.3 is 9.47 Å². The van der Waals surface area contributed by atoms with Crippen LogP contribution in [0.4, 0.5) is 0 Å². The summed E-state index contributed by atoms with van der Waals surface area (Å²) in [5.74, 6) is 0.632. The minimum atomic E-state index is -0.324. The van der Waals surface area contributed by atoms with E-state index in [1.165, 1.54) is 18.7 Å². The van der Waals surface area contributed by atoms with Crippen LogP contribution in [0.2, 0.25) is 0 Å². The van der Waals surface area contributed by atoms with Crippen molar-refractivity contribution >= 4 is 5.97 Å². The van der Waals surface area contributed by atoms with Crippen molar-refractivity contribution in [2.24, 2.45) is 0 Å². The zero-order valence-electron chi connectivity index (χ0n) is 10.8. The molecule has 3 heteroatoms. The van der Waals surface area contributed by atoms with Gasteiger partial charge in [-0.25, -0.2) is 4.79 Å². The zero-order chi connectivity index (χ0) is 13.0. The Kier molecular flexibility index (Phi) is 3.70. The molecule has 1 aromatic carbocycles. The van der Waals surface area contributed by atoms with E-state index in [0.717, 1.165) is 18.6 Å². The average Bonchev–Trinajstić information content (AvgIpc) is 2.38. The van der Waals surface area contributed by atoms with Gasteiger partial charge in [-0.15, -0.1) is 0 Å². The van der Waals surface area contributed by atoms with Crippen LogP contribution < -0.4 is 4.74 Å². The number of esters is 1. The Bertz CT molecular complexity index is 465. The fraction of sp³-hybridized carbons (Fsp3) is 0.400. The molecule has 0 saturated heterocycles. The summed E-state index contributed by atoms with van der Waals surface area (Å²) in [6.45, 7) is 2.07. The van der Waals surface area contributed by atoms with Crippen molar-refractivity contribution in [1.82, 2.24) is 0 Å². The van der Waals surface area contributed by atoms with Gasteiger partial charge in [0.15, 0.2) is 0 Å². The molecular weight excluding hydrogens is 228 g/mol. The molecule has 0 radical (unpaired) electrons. The fourth-order valence-electron chi connectivity index (χ4n) is 2.14. The van der Waals surface area contributed by atoms with E-state index in [1.54, 1.807) is 0 Å². The predicted octanol–water partition coefficient (Wildman–Crippen LogP) is 2.89. The van der Waals surface area contributed by atoms with Crippen molar-refractivity contribution in [1.29, 1.82) is 0 Å². The minimum Gasteiger partial charge on any atom is -0.487 e. The third kappa shape index (κ3) is 2.92. The molecule has 0 aliphatic carbocycles. The standard InChI is InChI=1S/C15H18O3/c1-15(10-5-8-14(16)17-2)11-9-12-6-3-4-7-13(12)18-15/h3-8H,9-11H2,1-2H3/b8-5+. The largest absolute Gasteiger partial charge is 0.487 e. The smallest absolute Gasteiger partial charge is 0.330 e. The Balaban J connectivity index is 2.02. The first-order valence-corrected chi connectivity index (χ1v) is 6.14. The summed E-state index contributed by atoms with van der Waals surface area (Å²) in [6, 6.07) is 8.10. The molecule has 0 saturated carbocycles. The van der Waals surface area contributed by atoms with Gasteiger partial charge in [-0.2, -0.15) is 0 Å². The lowest BCUT2D eigenvalue weighted by atomic mass is 9.90. The molecule has 0 aromatic heterocycles. The van der Waals surface area contributed by atoms with Crippen LogP contribution in [-0.2, 0) is 16.0 Å². The fourth-order valence-corrected chi connectivity index (χ4v) is 2.14. The maximum absolute atomic E-state index is 11.0. The summed E-state index contributed by atoms with van der Waals surface area (Å²) >= 11 is 0. The maximum atomic E-state index is 11.0. The van der Waals surface area contributed by atoms with E-state index in [9.17, 15) is 4.79 Å². The third-order valence-corrected chi connectivity index (χ3v) is 3.26. The van der Waals surface area contributed by atoms with E-state index in [1.807, 2.05) is 24.3 Å². The molecule has 96 valence electrons. The van der Waals surface area contributed by atoms with Crippen molar-refractivity contribution in [2.45, 2.75) is 31.8 Å². The second kappa shape index (κ2) is 5.25. The van der Waals surface area contributed by atoms with Gasteiger partial charge >= 0.3 is 5.97 Å².